The van der Waals surface area contributed by atoms with E-state index in [1.54, 1.807) is 0 Å². The van der Waals surface area contributed by atoms with Gasteiger partial charge in [-0.3, -0.25) is 0 Å². The number of anilines is 3. The number of benzene rings is 6. The van der Waals surface area contributed by atoms with E-state index in [0.29, 0.717) is 5.92 Å². The molecule has 1 unspecified atom stereocenters. The van der Waals surface area contributed by atoms with Gasteiger partial charge in [0.15, 0.2) is 0 Å². The Morgan fingerprint density at radius 2 is 1.37 bits per heavy atom. The molecule has 3 aliphatic carbocycles. The minimum atomic E-state index is 0.397. The molecule has 216 valence electrons. The third-order valence-electron chi connectivity index (χ3n) is 9.98. The van der Waals surface area contributed by atoms with E-state index in [4.69, 9.17) is 0 Å². The lowest BCUT2D eigenvalue weighted by atomic mass is 9.80. The van der Waals surface area contributed by atoms with Crippen LogP contribution in [-0.4, -0.2) is 4.57 Å². The first-order valence-corrected chi connectivity index (χ1v) is 16.1. The van der Waals surface area contributed by atoms with E-state index in [1.165, 1.54) is 65.8 Å². The lowest BCUT2D eigenvalue weighted by molar-refractivity contribution is 0.831. The summed E-state index contributed by atoms with van der Waals surface area (Å²) in [6.45, 7) is 0. The number of rotatable bonds is 4. The zero-order chi connectivity index (χ0) is 30.2. The van der Waals surface area contributed by atoms with Crippen molar-refractivity contribution in [2.24, 2.45) is 5.92 Å². The molecule has 0 fully saturated rings. The van der Waals surface area contributed by atoms with Crippen LogP contribution in [-0.2, 0) is 0 Å². The Morgan fingerprint density at radius 1 is 0.609 bits per heavy atom. The van der Waals surface area contributed by atoms with Crippen molar-refractivity contribution in [1.82, 2.24) is 4.57 Å². The second-order valence-electron chi connectivity index (χ2n) is 12.5. The van der Waals surface area contributed by atoms with Gasteiger partial charge in [-0.05, 0) is 87.7 Å². The van der Waals surface area contributed by atoms with Crippen molar-refractivity contribution < 1.29 is 0 Å². The maximum absolute atomic E-state index is 2.48. The largest absolute Gasteiger partial charge is 0.310 e. The molecular formula is C44H30N2. The molecule has 1 heterocycles. The van der Waals surface area contributed by atoms with E-state index in [2.05, 4.69) is 173 Å². The first-order valence-electron chi connectivity index (χ1n) is 16.1. The monoisotopic (exact) mass is 586 g/mol. The van der Waals surface area contributed by atoms with Crippen LogP contribution in [0.25, 0.3) is 44.7 Å². The average molecular weight is 587 g/mol. The third-order valence-corrected chi connectivity index (χ3v) is 9.98. The number of aromatic nitrogens is 1. The maximum Gasteiger partial charge on any atom is 0.0561 e. The highest BCUT2D eigenvalue weighted by Gasteiger charge is 2.36. The number of allylic oxidation sites excluding steroid dienone is 4. The summed E-state index contributed by atoms with van der Waals surface area (Å²) in [5, 5.41) is 5.19. The van der Waals surface area contributed by atoms with Gasteiger partial charge in [-0.25, -0.2) is 0 Å². The van der Waals surface area contributed by atoms with Crippen molar-refractivity contribution in [3.05, 3.63) is 185 Å². The highest BCUT2D eigenvalue weighted by atomic mass is 15.1. The SMILES string of the molecule is C1=CC2=C3C(=c4ccccc4=CC3C1)c1c2cccc1N(c1ccccc1)c1ccc2c3ccccc3n(-c3ccccc3)c2c1. The Hall–Kier alpha value is -5.86. The third kappa shape index (κ3) is 3.59. The maximum atomic E-state index is 2.48. The van der Waals surface area contributed by atoms with Gasteiger partial charge in [0.05, 0.1) is 16.7 Å². The Morgan fingerprint density at radius 3 is 2.26 bits per heavy atom. The molecule has 2 nitrogen and oxygen atoms in total. The molecule has 0 saturated carbocycles. The smallest absolute Gasteiger partial charge is 0.0561 e. The average Bonchev–Trinajstić information content (AvgIpc) is 3.64. The van der Waals surface area contributed by atoms with Crippen LogP contribution in [0.4, 0.5) is 17.1 Å². The number of nitrogens with zero attached hydrogens (tertiary/aromatic N) is 2. The molecule has 6 aromatic carbocycles. The van der Waals surface area contributed by atoms with E-state index < -0.39 is 0 Å². The van der Waals surface area contributed by atoms with Gasteiger partial charge in [-0.1, -0.05) is 115 Å². The Kier molecular flexibility index (Phi) is 5.44. The molecule has 0 radical (unpaired) electrons. The summed E-state index contributed by atoms with van der Waals surface area (Å²) in [4.78, 5) is 2.47. The van der Waals surface area contributed by atoms with Crippen LogP contribution in [0.15, 0.2) is 163 Å². The van der Waals surface area contributed by atoms with Crippen LogP contribution in [0.3, 0.4) is 0 Å². The van der Waals surface area contributed by atoms with Crippen molar-refractivity contribution in [2.45, 2.75) is 6.42 Å². The van der Waals surface area contributed by atoms with E-state index in [1.807, 2.05) is 0 Å². The molecule has 7 aromatic rings. The quantitative estimate of drug-likeness (QED) is 0.199. The van der Waals surface area contributed by atoms with Gasteiger partial charge in [0.25, 0.3) is 0 Å². The van der Waals surface area contributed by atoms with Crippen LogP contribution < -0.4 is 15.3 Å². The van der Waals surface area contributed by atoms with Crippen LogP contribution in [0, 0.1) is 5.92 Å². The summed E-state index contributed by atoms with van der Waals surface area (Å²) < 4.78 is 2.41. The number of hydrogen-bond donors (Lipinski definition) is 0. The lowest BCUT2D eigenvalue weighted by Crippen LogP contribution is -2.33. The molecule has 10 rings (SSSR count). The van der Waals surface area contributed by atoms with Gasteiger partial charge in [0.2, 0.25) is 0 Å². The zero-order valence-electron chi connectivity index (χ0n) is 25.3. The normalized spacial score (nSPS) is 15.9. The Bertz CT molecular complexity index is 2550. The molecule has 0 bridgehead atoms. The molecule has 2 heteroatoms. The van der Waals surface area contributed by atoms with E-state index in [0.717, 1.165) is 23.5 Å². The molecular weight excluding hydrogens is 556 g/mol. The fraction of sp³-hybridized carbons (Fsp3) is 0.0455. The van der Waals surface area contributed by atoms with E-state index in [-0.39, 0.29) is 0 Å². The van der Waals surface area contributed by atoms with Crippen LogP contribution in [0.2, 0.25) is 0 Å². The topological polar surface area (TPSA) is 8.17 Å². The molecule has 3 aliphatic rings. The molecule has 0 amide bonds. The molecule has 46 heavy (non-hydrogen) atoms. The highest BCUT2D eigenvalue weighted by Crippen LogP contribution is 2.53. The molecule has 1 atom stereocenters. The van der Waals surface area contributed by atoms with Crippen molar-refractivity contribution in [1.29, 1.82) is 0 Å². The van der Waals surface area contributed by atoms with Gasteiger partial charge in [0, 0.05) is 39.3 Å². The van der Waals surface area contributed by atoms with Crippen molar-refractivity contribution in [3.8, 4) is 5.69 Å². The van der Waals surface area contributed by atoms with Crippen LogP contribution in [0.1, 0.15) is 17.5 Å². The minimum Gasteiger partial charge on any atom is -0.310 e. The van der Waals surface area contributed by atoms with Crippen LogP contribution >= 0.6 is 0 Å². The minimum absolute atomic E-state index is 0.397. The summed E-state index contributed by atoms with van der Waals surface area (Å²) in [6.07, 6.45) is 8.25. The summed E-state index contributed by atoms with van der Waals surface area (Å²) in [6, 6.07) is 53.1. The van der Waals surface area contributed by atoms with Gasteiger partial charge in [-0.2, -0.15) is 0 Å². The Balaban J connectivity index is 1.28. The van der Waals surface area contributed by atoms with Gasteiger partial charge < -0.3 is 9.47 Å². The van der Waals surface area contributed by atoms with Crippen LogP contribution in [0.5, 0.6) is 0 Å². The summed E-state index contributed by atoms with van der Waals surface area (Å²) in [5.74, 6) is 0.397. The second-order valence-corrected chi connectivity index (χ2v) is 12.5. The summed E-state index contributed by atoms with van der Waals surface area (Å²) in [7, 11) is 0. The zero-order valence-corrected chi connectivity index (χ0v) is 25.3. The number of hydrogen-bond acceptors (Lipinski definition) is 1. The molecule has 0 spiro atoms. The first kappa shape index (κ1) is 25.5. The van der Waals surface area contributed by atoms with E-state index >= 15 is 0 Å². The molecule has 1 aromatic heterocycles. The Labute approximate surface area is 267 Å². The number of para-hydroxylation sites is 3. The second kappa shape index (κ2) is 9.82. The summed E-state index contributed by atoms with van der Waals surface area (Å²) >= 11 is 0. The highest BCUT2D eigenvalue weighted by molar-refractivity contribution is 6.12. The predicted octanol–water partition coefficient (Wildman–Crippen LogP) is 9.59. The van der Waals surface area contributed by atoms with Gasteiger partial charge >= 0.3 is 0 Å². The van der Waals surface area contributed by atoms with E-state index in [9.17, 15) is 0 Å². The van der Waals surface area contributed by atoms with Gasteiger partial charge in [-0.15, -0.1) is 0 Å². The van der Waals surface area contributed by atoms with Crippen molar-refractivity contribution in [2.75, 3.05) is 4.90 Å². The predicted molar refractivity (Wildman–Crippen MR) is 192 cm³/mol. The molecule has 0 N–H and O–H groups in total. The first-order chi connectivity index (χ1) is 22.8. The van der Waals surface area contributed by atoms with Gasteiger partial charge in [0.1, 0.15) is 0 Å². The molecule has 0 aliphatic heterocycles. The fourth-order valence-electron chi connectivity index (χ4n) is 8.12. The standard InChI is InChI=1S/C44H30N2/c1-3-15-31(16-4-1)45(33-25-26-36-35-20-9-10-23-39(35)46(41(36)28-33)32-17-5-2-6-18-32)40-24-12-22-38-37-21-11-14-30-27-29-13-7-8-19-34(29)44(42(30)37)43(38)40/h1-13,15-28,30H,14H2. The van der Waals surface area contributed by atoms with Crippen molar-refractivity contribution in [3.63, 3.8) is 0 Å². The molecule has 0 saturated heterocycles. The summed E-state index contributed by atoms with van der Waals surface area (Å²) in [5.41, 5.74) is 14.0. The number of fused-ring (bicyclic) bond motifs is 7. The fourth-order valence-corrected chi connectivity index (χ4v) is 8.12. The van der Waals surface area contributed by atoms with Crippen molar-refractivity contribution >= 4 is 56.1 Å². The lowest BCUT2D eigenvalue weighted by Gasteiger charge is -2.29.